The van der Waals surface area contributed by atoms with Crippen LogP contribution in [0.2, 0.25) is 0 Å². The monoisotopic (exact) mass is 317 g/mol. The van der Waals surface area contributed by atoms with Gasteiger partial charge in [0, 0.05) is 24.8 Å². The predicted molar refractivity (Wildman–Crippen MR) is 87.9 cm³/mol. The van der Waals surface area contributed by atoms with Gasteiger partial charge in [-0.15, -0.1) is 0 Å². The van der Waals surface area contributed by atoms with Gasteiger partial charge < -0.3 is 15.6 Å². The lowest BCUT2D eigenvalue weighted by Crippen LogP contribution is -2.15. The third-order valence-corrected chi connectivity index (χ3v) is 3.20. The molecule has 0 aliphatic heterocycles. The standard InChI is InChI=1S/C18H23NO4/c1-14(7-12-17(19)20)13-23-16-10-8-15(9-11-16)5-3-2-4-6-18(21)22/h8-11,14H,2,4,6-7,12-13H2,1H3,(H2,19,20)(H,21,22)/t14-/m0/s1. The number of hydrogen-bond donors (Lipinski definition) is 2. The molecule has 1 aromatic carbocycles. The number of amides is 1. The number of carboxylic acids is 1. The van der Waals surface area contributed by atoms with Crippen molar-refractivity contribution in [2.24, 2.45) is 11.7 Å². The second kappa shape index (κ2) is 10.3. The largest absolute Gasteiger partial charge is 0.493 e. The molecule has 23 heavy (non-hydrogen) atoms. The zero-order valence-electron chi connectivity index (χ0n) is 13.4. The zero-order chi connectivity index (χ0) is 17.1. The lowest BCUT2D eigenvalue weighted by Gasteiger charge is -2.12. The molecule has 0 saturated heterocycles. The van der Waals surface area contributed by atoms with E-state index in [4.69, 9.17) is 15.6 Å². The van der Waals surface area contributed by atoms with E-state index in [0.29, 0.717) is 25.9 Å². The highest BCUT2D eigenvalue weighted by molar-refractivity contribution is 5.73. The molecule has 0 unspecified atom stereocenters. The summed E-state index contributed by atoms with van der Waals surface area (Å²) in [5.41, 5.74) is 5.99. The smallest absolute Gasteiger partial charge is 0.303 e. The minimum absolute atomic E-state index is 0.148. The van der Waals surface area contributed by atoms with Gasteiger partial charge in [0.05, 0.1) is 6.61 Å². The fraction of sp³-hybridized carbons (Fsp3) is 0.444. The molecule has 124 valence electrons. The Labute approximate surface area is 136 Å². The summed E-state index contributed by atoms with van der Waals surface area (Å²) in [7, 11) is 0. The molecule has 0 bridgehead atoms. The third kappa shape index (κ3) is 9.20. The highest BCUT2D eigenvalue weighted by Crippen LogP contribution is 2.14. The van der Waals surface area contributed by atoms with Gasteiger partial charge in [0.2, 0.25) is 5.91 Å². The molecule has 1 amide bonds. The van der Waals surface area contributed by atoms with E-state index in [1.807, 2.05) is 31.2 Å². The molecule has 0 aliphatic carbocycles. The van der Waals surface area contributed by atoms with Crippen LogP contribution in [0.4, 0.5) is 0 Å². The maximum Gasteiger partial charge on any atom is 0.303 e. The molecule has 0 spiro atoms. The Balaban J connectivity index is 2.34. The molecule has 1 aromatic rings. The number of carbonyl (C=O) groups is 2. The predicted octanol–water partition coefficient (Wildman–Crippen LogP) is 2.57. The van der Waals surface area contributed by atoms with Gasteiger partial charge >= 0.3 is 5.97 Å². The second-order valence-corrected chi connectivity index (χ2v) is 5.49. The van der Waals surface area contributed by atoms with Gasteiger partial charge in [0.25, 0.3) is 0 Å². The lowest BCUT2D eigenvalue weighted by molar-refractivity contribution is -0.137. The van der Waals surface area contributed by atoms with Crippen molar-refractivity contribution < 1.29 is 19.4 Å². The molecule has 1 rings (SSSR count). The van der Waals surface area contributed by atoms with Gasteiger partial charge in [-0.2, -0.15) is 0 Å². The average molecular weight is 317 g/mol. The Morgan fingerprint density at radius 3 is 2.57 bits per heavy atom. The van der Waals surface area contributed by atoms with E-state index in [2.05, 4.69) is 11.8 Å². The minimum atomic E-state index is -0.793. The maximum atomic E-state index is 10.7. The van der Waals surface area contributed by atoms with Gasteiger partial charge in [-0.1, -0.05) is 18.8 Å². The van der Waals surface area contributed by atoms with Crippen LogP contribution in [0.15, 0.2) is 24.3 Å². The molecule has 5 heteroatoms. The second-order valence-electron chi connectivity index (χ2n) is 5.49. The minimum Gasteiger partial charge on any atom is -0.493 e. The molecule has 3 N–H and O–H groups in total. The number of ether oxygens (including phenoxy) is 1. The number of aliphatic carboxylic acids is 1. The van der Waals surface area contributed by atoms with Gasteiger partial charge in [-0.05, 0) is 43.0 Å². The van der Waals surface area contributed by atoms with Crippen LogP contribution in [0.5, 0.6) is 5.75 Å². The number of hydrogen-bond acceptors (Lipinski definition) is 3. The molecular formula is C18H23NO4. The number of rotatable bonds is 9. The summed E-state index contributed by atoms with van der Waals surface area (Å²) in [5.74, 6) is 5.88. The summed E-state index contributed by atoms with van der Waals surface area (Å²) in [6.07, 6.45) is 2.38. The Morgan fingerprint density at radius 1 is 1.26 bits per heavy atom. The third-order valence-electron chi connectivity index (χ3n) is 3.20. The number of benzene rings is 1. The van der Waals surface area contributed by atoms with Crippen molar-refractivity contribution in [1.29, 1.82) is 0 Å². The molecule has 5 nitrogen and oxygen atoms in total. The normalized spacial score (nSPS) is 11.2. The lowest BCUT2D eigenvalue weighted by atomic mass is 10.1. The fourth-order valence-corrected chi connectivity index (χ4v) is 1.84. The van der Waals surface area contributed by atoms with Crippen molar-refractivity contribution >= 4 is 11.9 Å². The molecule has 0 radical (unpaired) electrons. The van der Waals surface area contributed by atoms with Gasteiger partial charge in [0.1, 0.15) is 5.75 Å². The molecule has 0 aliphatic rings. The summed E-state index contributed by atoms with van der Waals surface area (Å²) in [4.78, 5) is 21.1. The highest BCUT2D eigenvalue weighted by Gasteiger charge is 2.05. The number of carboxylic acid groups (broad SMARTS) is 1. The van der Waals surface area contributed by atoms with Crippen molar-refractivity contribution in [1.82, 2.24) is 0 Å². The Morgan fingerprint density at radius 2 is 1.96 bits per heavy atom. The molecule has 0 fully saturated rings. The van der Waals surface area contributed by atoms with E-state index in [-0.39, 0.29) is 18.2 Å². The quantitative estimate of drug-likeness (QED) is 0.541. The number of primary amides is 1. The summed E-state index contributed by atoms with van der Waals surface area (Å²) in [6, 6.07) is 7.44. The van der Waals surface area contributed by atoms with Crippen LogP contribution >= 0.6 is 0 Å². The van der Waals surface area contributed by atoms with E-state index in [9.17, 15) is 9.59 Å². The number of carbonyl (C=O) groups excluding carboxylic acids is 1. The van der Waals surface area contributed by atoms with E-state index < -0.39 is 5.97 Å². The van der Waals surface area contributed by atoms with E-state index in [1.54, 1.807) is 0 Å². The van der Waals surface area contributed by atoms with Crippen molar-refractivity contribution in [3.63, 3.8) is 0 Å². The van der Waals surface area contributed by atoms with Crippen molar-refractivity contribution in [2.75, 3.05) is 6.61 Å². The van der Waals surface area contributed by atoms with Crippen molar-refractivity contribution in [2.45, 2.75) is 39.0 Å². The van der Waals surface area contributed by atoms with Gasteiger partial charge in [-0.25, -0.2) is 0 Å². The van der Waals surface area contributed by atoms with Gasteiger partial charge in [-0.3, -0.25) is 9.59 Å². The number of nitrogens with two attached hydrogens (primary N) is 1. The first-order valence-corrected chi connectivity index (χ1v) is 7.69. The van der Waals surface area contributed by atoms with Crippen LogP contribution in [0.3, 0.4) is 0 Å². The summed E-state index contributed by atoms with van der Waals surface area (Å²) in [5, 5.41) is 8.53. The van der Waals surface area contributed by atoms with E-state index >= 15 is 0 Å². The van der Waals surface area contributed by atoms with Crippen LogP contribution in [0.25, 0.3) is 0 Å². The van der Waals surface area contributed by atoms with Crippen LogP contribution in [0.1, 0.15) is 44.6 Å². The first-order valence-electron chi connectivity index (χ1n) is 7.69. The summed E-state index contributed by atoms with van der Waals surface area (Å²) >= 11 is 0. The zero-order valence-corrected chi connectivity index (χ0v) is 13.4. The van der Waals surface area contributed by atoms with Crippen molar-refractivity contribution in [3.8, 4) is 17.6 Å². The van der Waals surface area contributed by atoms with Crippen LogP contribution in [-0.2, 0) is 9.59 Å². The molecule has 1 atom stereocenters. The van der Waals surface area contributed by atoms with Crippen LogP contribution in [0, 0.1) is 17.8 Å². The SMILES string of the molecule is C[C@@H](CCC(N)=O)COc1ccc(C#CCCCC(=O)O)cc1. The topological polar surface area (TPSA) is 89.6 Å². The number of unbranched alkanes of at least 4 members (excludes halogenated alkanes) is 1. The molecule has 0 saturated carbocycles. The van der Waals surface area contributed by atoms with E-state index in [0.717, 1.165) is 17.7 Å². The maximum absolute atomic E-state index is 10.7. The fourth-order valence-electron chi connectivity index (χ4n) is 1.84. The first-order chi connectivity index (χ1) is 11.0. The summed E-state index contributed by atoms with van der Waals surface area (Å²) in [6.45, 7) is 2.55. The van der Waals surface area contributed by atoms with Crippen LogP contribution in [-0.4, -0.2) is 23.6 Å². The van der Waals surface area contributed by atoms with Gasteiger partial charge in [0.15, 0.2) is 0 Å². The molecular weight excluding hydrogens is 294 g/mol. The van der Waals surface area contributed by atoms with E-state index in [1.165, 1.54) is 0 Å². The van der Waals surface area contributed by atoms with Crippen LogP contribution < -0.4 is 10.5 Å². The summed E-state index contributed by atoms with van der Waals surface area (Å²) < 4.78 is 5.66. The first kappa shape index (κ1) is 18.6. The molecule has 0 heterocycles. The Bertz CT molecular complexity index is 569. The Hall–Kier alpha value is -2.48. The Kier molecular flexibility index (Phi) is 8.30. The molecule has 0 aromatic heterocycles. The average Bonchev–Trinajstić information content (AvgIpc) is 2.51. The highest BCUT2D eigenvalue weighted by atomic mass is 16.5. The van der Waals surface area contributed by atoms with Crippen molar-refractivity contribution in [3.05, 3.63) is 29.8 Å².